The van der Waals surface area contributed by atoms with E-state index >= 15 is 0 Å². The molecule has 0 bridgehead atoms. The van der Waals surface area contributed by atoms with E-state index in [9.17, 15) is 9.90 Å². The van der Waals surface area contributed by atoms with Crippen molar-refractivity contribution in [2.45, 2.75) is 12.7 Å². The van der Waals surface area contributed by atoms with Crippen molar-refractivity contribution in [2.24, 2.45) is 0 Å². The van der Waals surface area contributed by atoms with Gasteiger partial charge in [-0.05, 0) is 28.8 Å². The van der Waals surface area contributed by atoms with Crippen LogP contribution in [0.15, 0.2) is 84.9 Å². The van der Waals surface area contributed by atoms with Crippen LogP contribution in [0.25, 0.3) is 0 Å². The van der Waals surface area contributed by atoms with Gasteiger partial charge in [0.15, 0.2) is 0 Å². The first-order valence-corrected chi connectivity index (χ1v) is 8.47. The number of amides is 1. The number of ether oxygens (including phenoxy) is 1. The van der Waals surface area contributed by atoms with E-state index in [1.54, 1.807) is 24.3 Å². The van der Waals surface area contributed by atoms with E-state index in [1.165, 1.54) is 0 Å². The molecule has 0 aliphatic heterocycles. The molecule has 3 aromatic rings. The lowest BCUT2D eigenvalue weighted by Crippen LogP contribution is -2.20. The second-order valence-electron chi connectivity index (χ2n) is 5.92. The minimum Gasteiger partial charge on any atom is -0.392 e. The summed E-state index contributed by atoms with van der Waals surface area (Å²) in [4.78, 5) is 12.3. The largest absolute Gasteiger partial charge is 0.392 e. The van der Waals surface area contributed by atoms with Gasteiger partial charge in [-0.25, -0.2) is 0 Å². The molecule has 0 unspecified atom stereocenters. The lowest BCUT2D eigenvalue weighted by Gasteiger charge is -2.19. The Hall–Kier alpha value is -2.95. The molecule has 132 valence electrons. The van der Waals surface area contributed by atoms with Crippen LogP contribution in [0, 0.1) is 0 Å². The maximum Gasteiger partial charge on any atom is 0.250 e. The third kappa shape index (κ3) is 4.79. The molecule has 0 saturated heterocycles. The van der Waals surface area contributed by atoms with Crippen molar-refractivity contribution in [2.75, 3.05) is 11.9 Å². The Labute approximate surface area is 153 Å². The van der Waals surface area contributed by atoms with Crippen molar-refractivity contribution in [3.05, 3.63) is 102 Å². The highest BCUT2D eigenvalue weighted by Gasteiger charge is 2.16. The number of aliphatic hydroxyl groups excluding tert-OH is 1. The SMILES string of the molecule is O=C(COC(c1ccccc1)c1ccccc1)Nc1cccc(CO)c1. The van der Waals surface area contributed by atoms with Crippen LogP contribution in [0.5, 0.6) is 0 Å². The highest BCUT2D eigenvalue weighted by atomic mass is 16.5. The van der Waals surface area contributed by atoms with Gasteiger partial charge in [-0.2, -0.15) is 0 Å². The lowest BCUT2D eigenvalue weighted by atomic mass is 10.0. The number of aliphatic hydroxyl groups is 1. The van der Waals surface area contributed by atoms with Crippen molar-refractivity contribution in [1.82, 2.24) is 0 Å². The maximum atomic E-state index is 12.3. The fraction of sp³-hybridized carbons (Fsp3) is 0.136. The van der Waals surface area contributed by atoms with Crippen LogP contribution in [0.1, 0.15) is 22.8 Å². The average Bonchev–Trinajstić information content (AvgIpc) is 2.70. The lowest BCUT2D eigenvalue weighted by molar-refractivity contribution is -0.121. The Kier molecular flexibility index (Phi) is 6.14. The summed E-state index contributed by atoms with van der Waals surface area (Å²) in [6.07, 6.45) is -0.313. The van der Waals surface area contributed by atoms with E-state index < -0.39 is 0 Å². The molecule has 26 heavy (non-hydrogen) atoms. The van der Waals surface area contributed by atoms with Crippen molar-refractivity contribution >= 4 is 11.6 Å². The van der Waals surface area contributed by atoms with Crippen LogP contribution < -0.4 is 5.32 Å². The number of carbonyl (C=O) groups excluding carboxylic acids is 1. The Bertz CT molecular complexity index is 795. The van der Waals surface area contributed by atoms with E-state index in [4.69, 9.17) is 4.74 Å². The Morgan fingerprint density at radius 2 is 1.50 bits per heavy atom. The van der Waals surface area contributed by atoms with E-state index in [1.807, 2.05) is 60.7 Å². The van der Waals surface area contributed by atoms with E-state index in [0.717, 1.165) is 16.7 Å². The first-order chi connectivity index (χ1) is 12.8. The minimum absolute atomic E-state index is 0.0652. The normalized spacial score (nSPS) is 10.7. The Morgan fingerprint density at radius 1 is 0.885 bits per heavy atom. The third-order valence-electron chi connectivity index (χ3n) is 3.98. The summed E-state index contributed by atoms with van der Waals surface area (Å²) >= 11 is 0. The molecular weight excluding hydrogens is 326 g/mol. The molecule has 0 aliphatic carbocycles. The zero-order valence-electron chi connectivity index (χ0n) is 14.3. The number of carbonyl (C=O) groups is 1. The second kappa shape index (κ2) is 8.94. The molecule has 0 spiro atoms. The summed E-state index contributed by atoms with van der Waals surface area (Å²) in [5.74, 6) is -0.239. The third-order valence-corrected chi connectivity index (χ3v) is 3.98. The summed E-state index contributed by atoms with van der Waals surface area (Å²) in [5.41, 5.74) is 3.37. The molecule has 3 rings (SSSR count). The minimum atomic E-state index is -0.313. The Morgan fingerprint density at radius 3 is 2.08 bits per heavy atom. The topological polar surface area (TPSA) is 58.6 Å². The molecular formula is C22H21NO3. The second-order valence-corrected chi connectivity index (χ2v) is 5.92. The van der Waals surface area contributed by atoms with Crippen LogP contribution in [0.4, 0.5) is 5.69 Å². The number of anilines is 1. The predicted octanol–water partition coefficient (Wildman–Crippen LogP) is 3.92. The molecule has 0 heterocycles. The molecule has 1 amide bonds. The molecule has 0 atom stereocenters. The van der Waals surface area contributed by atoms with Gasteiger partial charge in [0.2, 0.25) is 5.91 Å². The Balaban J connectivity index is 1.68. The summed E-state index contributed by atoms with van der Waals surface area (Å²) < 4.78 is 5.94. The van der Waals surface area contributed by atoms with Gasteiger partial charge in [-0.15, -0.1) is 0 Å². The zero-order chi connectivity index (χ0) is 18.2. The van der Waals surface area contributed by atoms with Gasteiger partial charge in [0, 0.05) is 5.69 Å². The monoisotopic (exact) mass is 347 g/mol. The summed E-state index contributed by atoms with van der Waals surface area (Å²) in [6.45, 7) is -0.137. The molecule has 0 aliphatic rings. The van der Waals surface area contributed by atoms with Crippen molar-refractivity contribution in [3.8, 4) is 0 Å². The molecule has 4 heteroatoms. The smallest absolute Gasteiger partial charge is 0.250 e. The number of benzene rings is 3. The van der Waals surface area contributed by atoms with Gasteiger partial charge in [0.05, 0.1) is 6.61 Å². The summed E-state index contributed by atoms with van der Waals surface area (Å²) in [7, 11) is 0. The molecule has 4 nitrogen and oxygen atoms in total. The molecule has 3 aromatic carbocycles. The van der Waals surface area contributed by atoms with Gasteiger partial charge < -0.3 is 15.2 Å². The number of hydrogen-bond acceptors (Lipinski definition) is 3. The quantitative estimate of drug-likeness (QED) is 0.681. The first kappa shape index (κ1) is 17.9. The van der Waals surface area contributed by atoms with Crippen LogP contribution >= 0.6 is 0 Å². The fourth-order valence-electron chi connectivity index (χ4n) is 2.74. The number of rotatable bonds is 7. The number of nitrogens with one attached hydrogen (secondary N) is 1. The highest BCUT2D eigenvalue weighted by Crippen LogP contribution is 2.25. The standard InChI is InChI=1S/C22H21NO3/c24-15-17-8-7-13-20(14-17)23-21(25)16-26-22(18-9-3-1-4-10-18)19-11-5-2-6-12-19/h1-14,22,24H,15-16H2,(H,23,25). The predicted molar refractivity (Wildman–Crippen MR) is 102 cm³/mol. The molecule has 0 aromatic heterocycles. The van der Waals surface area contributed by atoms with Gasteiger partial charge in [0.1, 0.15) is 12.7 Å². The van der Waals surface area contributed by atoms with Gasteiger partial charge >= 0.3 is 0 Å². The van der Waals surface area contributed by atoms with Crippen molar-refractivity contribution in [3.63, 3.8) is 0 Å². The van der Waals surface area contributed by atoms with Crippen LogP contribution in [0.2, 0.25) is 0 Å². The van der Waals surface area contributed by atoms with Crippen molar-refractivity contribution < 1.29 is 14.6 Å². The van der Waals surface area contributed by atoms with Crippen molar-refractivity contribution in [1.29, 1.82) is 0 Å². The molecule has 2 N–H and O–H groups in total. The first-order valence-electron chi connectivity index (χ1n) is 8.47. The molecule has 0 fully saturated rings. The highest BCUT2D eigenvalue weighted by molar-refractivity contribution is 5.91. The molecule has 0 radical (unpaired) electrons. The fourth-order valence-corrected chi connectivity index (χ4v) is 2.74. The van der Waals surface area contributed by atoms with Gasteiger partial charge in [-0.1, -0.05) is 72.8 Å². The van der Waals surface area contributed by atoms with Crippen LogP contribution in [0.3, 0.4) is 0 Å². The van der Waals surface area contributed by atoms with E-state index in [-0.39, 0.29) is 25.2 Å². The zero-order valence-corrected chi connectivity index (χ0v) is 14.3. The maximum absolute atomic E-state index is 12.3. The van der Waals surface area contributed by atoms with E-state index in [0.29, 0.717) is 5.69 Å². The van der Waals surface area contributed by atoms with Crippen LogP contribution in [-0.4, -0.2) is 17.6 Å². The van der Waals surface area contributed by atoms with Gasteiger partial charge in [-0.3, -0.25) is 4.79 Å². The van der Waals surface area contributed by atoms with Crippen LogP contribution in [-0.2, 0) is 16.1 Å². The molecule has 0 saturated carbocycles. The summed E-state index contributed by atoms with van der Waals surface area (Å²) in [5, 5.41) is 12.0. The summed E-state index contributed by atoms with van der Waals surface area (Å²) in [6, 6.07) is 26.8. The number of hydrogen-bond donors (Lipinski definition) is 2. The van der Waals surface area contributed by atoms with Gasteiger partial charge in [0.25, 0.3) is 0 Å². The average molecular weight is 347 g/mol. The van der Waals surface area contributed by atoms with E-state index in [2.05, 4.69) is 5.32 Å².